The van der Waals surface area contributed by atoms with Gasteiger partial charge >= 0.3 is 0 Å². The quantitative estimate of drug-likeness (QED) is 0.884. The molecule has 3 heterocycles. The van der Waals surface area contributed by atoms with Crippen molar-refractivity contribution in [3.8, 4) is 5.95 Å². The summed E-state index contributed by atoms with van der Waals surface area (Å²) >= 11 is 0. The lowest BCUT2D eigenvalue weighted by Crippen LogP contribution is -2.36. The van der Waals surface area contributed by atoms with E-state index in [1.807, 2.05) is 19.9 Å². The Hall–Kier alpha value is -2.48. The van der Waals surface area contributed by atoms with Crippen LogP contribution in [0.15, 0.2) is 16.9 Å². The van der Waals surface area contributed by atoms with E-state index in [-0.39, 0.29) is 23.1 Å². The van der Waals surface area contributed by atoms with Crippen LogP contribution in [0.2, 0.25) is 0 Å². The minimum absolute atomic E-state index is 0.160. The number of carbonyl (C=O) groups excluding carboxylic acids is 1. The van der Waals surface area contributed by atoms with Gasteiger partial charge in [-0.05, 0) is 39.9 Å². The molecule has 0 radical (unpaired) electrons. The highest BCUT2D eigenvalue weighted by Crippen LogP contribution is 2.16. The Balaban J connectivity index is 1.83. The van der Waals surface area contributed by atoms with Gasteiger partial charge in [-0.25, -0.2) is 9.97 Å². The van der Waals surface area contributed by atoms with Gasteiger partial charge in [0.05, 0.1) is 0 Å². The second-order valence-electron chi connectivity index (χ2n) is 6.56. The zero-order valence-electron chi connectivity index (χ0n) is 15.1. The first-order valence-corrected chi connectivity index (χ1v) is 8.53. The standard InChI is InChI=1S/C17H24N6O2/c1-5-21(4)13-6-7-22(10-13)16(25)14-9-15(24)23(20-14)17-18-11(2)8-12(3)19-17/h8-9,13,20H,5-7,10H2,1-4H3. The van der Waals surface area contributed by atoms with Gasteiger partial charge in [0, 0.05) is 36.6 Å². The average Bonchev–Trinajstić information content (AvgIpc) is 3.19. The maximum absolute atomic E-state index is 12.7. The van der Waals surface area contributed by atoms with Crippen molar-refractivity contribution in [2.45, 2.75) is 33.2 Å². The highest BCUT2D eigenvalue weighted by Gasteiger charge is 2.30. The molecule has 1 unspecified atom stereocenters. The van der Waals surface area contributed by atoms with Crippen LogP contribution >= 0.6 is 0 Å². The zero-order chi connectivity index (χ0) is 18.1. The normalized spacial score (nSPS) is 17.5. The number of nitrogens with one attached hydrogen (secondary N) is 1. The van der Waals surface area contributed by atoms with Crippen LogP contribution in [0.3, 0.4) is 0 Å². The number of likely N-dealkylation sites (N-methyl/N-ethyl adjacent to an activating group) is 1. The van der Waals surface area contributed by atoms with Crippen molar-refractivity contribution in [1.29, 1.82) is 0 Å². The van der Waals surface area contributed by atoms with Crippen LogP contribution in [0.25, 0.3) is 5.95 Å². The molecule has 1 N–H and O–H groups in total. The Morgan fingerprint density at radius 2 is 2.00 bits per heavy atom. The second kappa shape index (κ2) is 6.79. The van der Waals surface area contributed by atoms with Crippen molar-refractivity contribution in [3.63, 3.8) is 0 Å². The van der Waals surface area contributed by atoms with Crippen LogP contribution in [0.5, 0.6) is 0 Å². The van der Waals surface area contributed by atoms with Crippen LogP contribution in [0.1, 0.15) is 35.2 Å². The molecule has 0 bridgehead atoms. The zero-order valence-corrected chi connectivity index (χ0v) is 15.1. The van der Waals surface area contributed by atoms with Gasteiger partial charge in [-0.3, -0.25) is 14.7 Å². The first-order valence-electron chi connectivity index (χ1n) is 8.53. The molecule has 25 heavy (non-hydrogen) atoms. The van der Waals surface area contributed by atoms with E-state index in [0.29, 0.717) is 19.1 Å². The fourth-order valence-corrected chi connectivity index (χ4v) is 3.18. The van der Waals surface area contributed by atoms with Crippen LogP contribution in [-0.2, 0) is 0 Å². The maximum Gasteiger partial charge on any atom is 0.274 e. The van der Waals surface area contributed by atoms with Crippen molar-refractivity contribution in [2.24, 2.45) is 0 Å². The summed E-state index contributed by atoms with van der Waals surface area (Å²) in [5.74, 6) is 0.0961. The predicted molar refractivity (Wildman–Crippen MR) is 94.1 cm³/mol. The summed E-state index contributed by atoms with van der Waals surface area (Å²) in [7, 11) is 2.06. The summed E-state index contributed by atoms with van der Waals surface area (Å²) in [6.07, 6.45) is 0.946. The van der Waals surface area contributed by atoms with Crippen molar-refractivity contribution >= 4 is 5.91 Å². The lowest BCUT2D eigenvalue weighted by molar-refractivity contribution is 0.0774. The molecule has 1 fully saturated rings. The number of amides is 1. The molecule has 1 aliphatic heterocycles. The highest BCUT2D eigenvalue weighted by molar-refractivity contribution is 5.92. The van der Waals surface area contributed by atoms with Crippen molar-refractivity contribution in [3.05, 3.63) is 39.6 Å². The Morgan fingerprint density at radius 3 is 2.64 bits per heavy atom. The molecule has 8 heteroatoms. The molecule has 0 spiro atoms. The largest absolute Gasteiger partial charge is 0.336 e. The minimum atomic E-state index is -0.338. The molecule has 134 valence electrons. The number of nitrogens with zero attached hydrogens (tertiary/aromatic N) is 5. The summed E-state index contributed by atoms with van der Waals surface area (Å²) < 4.78 is 1.22. The Labute approximate surface area is 146 Å². The molecule has 8 nitrogen and oxygen atoms in total. The molecule has 2 aromatic heterocycles. The number of rotatable bonds is 4. The third kappa shape index (κ3) is 3.48. The maximum atomic E-state index is 12.7. The number of H-pyrrole nitrogens is 1. The van der Waals surface area contributed by atoms with E-state index in [1.165, 1.54) is 10.7 Å². The molecule has 1 amide bonds. The van der Waals surface area contributed by atoms with E-state index < -0.39 is 0 Å². The average molecular weight is 344 g/mol. The fourth-order valence-electron chi connectivity index (χ4n) is 3.18. The van der Waals surface area contributed by atoms with Crippen LogP contribution < -0.4 is 5.56 Å². The van der Waals surface area contributed by atoms with Gasteiger partial charge in [0.15, 0.2) is 0 Å². The summed E-state index contributed by atoms with van der Waals surface area (Å²) in [5, 5.41) is 2.86. The molecule has 0 aromatic carbocycles. The number of hydrogen-bond acceptors (Lipinski definition) is 5. The molecular formula is C17H24N6O2. The van der Waals surface area contributed by atoms with Crippen LogP contribution in [0, 0.1) is 13.8 Å². The summed E-state index contributed by atoms with van der Waals surface area (Å²) in [4.78, 5) is 37.6. The predicted octanol–water partition coefficient (Wildman–Crippen LogP) is 0.739. The topological polar surface area (TPSA) is 87.1 Å². The number of aromatic nitrogens is 4. The Bertz CT molecular complexity index is 820. The summed E-state index contributed by atoms with van der Waals surface area (Å²) in [6, 6.07) is 3.52. The van der Waals surface area contributed by atoms with Gasteiger partial charge in [-0.2, -0.15) is 4.68 Å². The first-order chi connectivity index (χ1) is 11.9. The van der Waals surface area contributed by atoms with Gasteiger partial charge in [0.1, 0.15) is 5.69 Å². The third-order valence-electron chi connectivity index (χ3n) is 4.69. The van der Waals surface area contributed by atoms with Gasteiger partial charge in [0.2, 0.25) is 0 Å². The van der Waals surface area contributed by atoms with E-state index in [9.17, 15) is 9.59 Å². The molecule has 0 aliphatic carbocycles. The van der Waals surface area contributed by atoms with Gasteiger partial charge in [0.25, 0.3) is 17.4 Å². The van der Waals surface area contributed by atoms with Crippen molar-refractivity contribution in [2.75, 3.05) is 26.7 Å². The molecule has 1 atom stereocenters. The lowest BCUT2D eigenvalue weighted by atomic mass is 10.2. The third-order valence-corrected chi connectivity index (χ3v) is 4.69. The van der Waals surface area contributed by atoms with Crippen molar-refractivity contribution in [1.82, 2.24) is 29.5 Å². The van der Waals surface area contributed by atoms with E-state index in [1.54, 1.807) is 4.90 Å². The Kier molecular flexibility index (Phi) is 4.71. The molecule has 1 saturated heterocycles. The molecule has 3 rings (SSSR count). The van der Waals surface area contributed by atoms with E-state index in [4.69, 9.17) is 0 Å². The second-order valence-corrected chi connectivity index (χ2v) is 6.56. The Morgan fingerprint density at radius 1 is 1.32 bits per heavy atom. The van der Waals surface area contributed by atoms with Gasteiger partial charge < -0.3 is 9.80 Å². The monoisotopic (exact) mass is 344 g/mol. The fraction of sp³-hybridized carbons (Fsp3) is 0.529. The first kappa shape index (κ1) is 17.3. The molecule has 2 aromatic rings. The summed E-state index contributed by atoms with van der Waals surface area (Å²) in [6.45, 7) is 8.10. The van der Waals surface area contributed by atoms with E-state index in [2.05, 4.69) is 33.9 Å². The lowest BCUT2D eigenvalue weighted by Gasteiger charge is -2.22. The number of hydrogen-bond donors (Lipinski definition) is 1. The van der Waals surface area contributed by atoms with Gasteiger partial charge in [-0.1, -0.05) is 6.92 Å². The smallest absolute Gasteiger partial charge is 0.274 e. The van der Waals surface area contributed by atoms with Crippen molar-refractivity contribution < 1.29 is 4.79 Å². The van der Waals surface area contributed by atoms with Gasteiger partial charge in [-0.15, -0.1) is 0 Å². The minimum Gasteiger partial charge on any atom is -0.336 e. The highest BCUT2D eigenvalue weighted by atomic mass is 16.2. The van der Waals surface area contributed by atoms with E-state index >= 15 is 0 Å². The molecule has 0 saturated carbocycles. The van der Waals surface area contributed by atoms with Crippen LogP contribution in [-0.4, -0.2) is 68.2 Å². The van der Waals surface area contributed by atoms with Crippen LogP contribution in [0.4, 0.5) is 0 Å². The molecular weight excluding hydrogens is 320 g/mol. The summed E-state index contributed by atoms with van der Waals surface area (Å²) in [5.41, 5.74) is 1.46. The number of aryl methyl sites for hydroxylation is 2. The number of aromatic amines is 1. The number of carbonyl (C=O) groups is 1. The number of likely N-dealkylation sites (tertiary alicyclic amines) is 1. The van der Waals surface area contributed by atoms with E-state index in [0.717, 1.165) is 24.4 Å². The SMILES string of the molecule is CCN(C)C1CCN(C(=O)c2cc(=O)n(-c3nc(C)cc(C)n3)[nH]2)C1. The molecule has 1 aliphatic rings.